The molecule has 2 amide bonds. The van der Waals surface area contributed by atoms with E-state index in [-0.39, 0.29) is 36.7 Å². The van der Waals surface area contributed by atoms with Gasteiger partial charge in [-0.05, 0) is 107 Å². The molecular weight excluding hydrogens is 723 g/mol. The molecule has 4 N–H and O–H groups in total. The van der Waals surface area contributed by atoms with Crippen LogP contribution in [-0.2, 0) is 33.3 Å². The van der Waals surface area contributed by atoms with Crippen LogP contribution in [-0.4, -0.2) is 88.5 Å². The fourth-order valence-electron chi connectivity index (χ4n) is 6.21. The van der Waals surface area contributed by atoms with Crippen molar-refractivity contribution in [3.05, 3.63) is 45.0 Å². The van der Waals surface area contributed by atoms with Crippen LogP contribution in [0.4, 0.5) is 0 Å². The standard InChI is InChI=1S/C34H45IN2O10/c1-18(39)28(31(42)36-24(17-38)12-13-27(40)46-33(2,3)4)37-30(41)20-15-25(44-32(43)19-6-5-7-23(35)14-19)29-26(16-20)45-34(47-29,21-8-9-21)22-10-11-22/h5-7,14,16,18,21-22,24-26,28-29,38-39H,8-13,15,17H2,1-4H3,(H,36,42)(H,37,41). The van der Waals surface area contributed by atoms with Crippen molar-refractivity contribution in [2.45, 2.75) is 121 Å². The Morgan fingerprint density at radius 2 is 1.77 bits per heavy atom. The minimum atomic E-state index is -1.37. The summed E-state index contributed by atoms with van der Waals surface area (Å²) in [5.41, 5.74) is -0.0610. The molecular formula is C34H45IN2O10. The van der Waals surface area contributed by atoms with Crippen LogP contribution < -0.4 is 10.6 Å². The molecule has 13 heteroatoms. The maximum absolute atomic E-state index is 13.7. The maximum atomic E-state index is 13.7. The molecule has 4 aliphatic rings. The summed E-state index contributed by atoms with van der Waals surface area (Å²) in [6, 6.07) is 4.83. The number of amides is 2. The number of halogens is 1. The molecule has 5 rings (SSSR count). The number of hydrogen-bond donors (Lipinski definition) is 4. The molecule has 1 heterocycles. The van der Waals surface area contributed by atoms with Gasteiger partial charge in [-0.1, -0.05) is 6.07 Å². The van der Waals surface area contributed by atoms with Crippen molar-refractivity contribution >= 4 is 46.3 Å². The lowest BCUT2D eigenvalue weighted by Crippen LogP contribution is -2.55. The van der Waals surface area contributed by atoms with Gasteiger partial charge in [0.1, 0.15) is 30.0 Å². The molecule has 0 spiro atoms. The first-order chi connectivity index (χ1) is 22.2. The highest BCUT2D eigenvalue weighted by Gasteiger charge is 2.64. The molecule has 1 aromatic rings. The number of aliphatic hydroxyl groups is 2. The Labute approximate surface area is 288 Å². The highest BCUT2D eigenvalue weighted by molar-refractivity contribution is 14.1. The second kappa shape index (κ2) is 14.5. The van der Waals surface area contributed by atoms with E-state index < -0.39 is 78.2 Å². The number of carbonyl (C=O) groups excluding carboxylic acids is 4. The van der Waals surface area contributed by atoms with Gasteiger partial charge in [-0.2, -0.15) is 0 Å². The summed E-state index contributed by atoms with van der Waals surface area (Å²) in [6.07, 6.45) is 2.30. The molecule has 47 heavy (non-hydrogen) atoms. The Hall–Kier alpha value is -2.59. The fraction of sp³-hybridized carbons (Fsp3) is 0.647. The molecule has 12 nitrogen and oxygen atoms in total. The van der Waals surface area contributed by atoms with E-state index >= 15 is 0 Å². The molecule has 0 bridgehead atoms. The summed E-state index contributed by atoms with van der Waals surface area (Å²) in [5, 5.41) is 25.6. The summed E-state index contributed by atoms with van der Waals surface area (Å²) in [6.45, 7) is 6.13. The normalized spacial score (nSPS) is 25.4. The largest absolute Gasteiger partial charge is 0.460 e. The van der Waals surface area contributed by atoms with Gasteiger partial charge < -0.3 is 39.8 Å². The zero-order valence-electron chi connectivity index (χ0n) is 27.2. The number of fused-ring (bicyclic) bond motifs is 1. The second-order valence-electron chi connectivity index (χ2n) is 14.0. The summed E-state index contributed by atoms with van der Waals surface area (Å²) in [4.78, 5) is 52.3. The number of ether oxygens (including phenoxy) is 4. The molecule has 3 aliphatic carbocycles. The lowest BCUT2D eigenvalue weighted by atomic mass is 9.91. The number of hydrogen-bond acceptors (Lipinski definition) is 10. The molecule has 1 aliphatic heterocycles. The average molecular weight is 769 g/mol. The fourth-order valence-corrected chi connectivity index (χ4v) is 6.76. The summed E-state index contributed by atoms with van der Waals surface area (Å²) < 4.78 is 25.4. The topological polar surface area (TPSA) is 170 Å². The predicted molar refractivity (Wildman–Crippen MR) is 177 cm³/mol. The molecule has 1 saturated heterocycles. The van der Waals surface area contributed by atoms with Crippen LogP contribution in [0.1, 0.15) is 83.0 Å². The van der Waals surface area contributed by atoms with E-state index in [2.05, 4.69) is 33.2 Å². The number of esters is 2. The monoisotopic (exact) mass is 768 g/mol. The van der Waals surface area contributed by atoms with Gasteiger partial charge >= 0.3 is 11.9 Å². The zero-order chi connectivity index (χ0) is 34.1. The van der Waals surface area contributed by atoms with Gasteiger partial charge in [-0.25, -0.2) is 4.79 Å². The lowest BCUT2D eigenvalue weighted by molar-refractivity contribution is -0.209. The Morgan fingerprint density at radius 3 is 2.34 bits per heavy atom. The summed E-state index contributed by atoms with van der Waals surface area (Å²) >= 11 is 2.12. The molecule has 258 valence electrons. The quantitative estimate of drug-likeness (QED) is 0.173. The molecule has 6 atom stereocenters. The van der Waals surface area contributed by atoms with Crippen molar-refractivity contribution in [1.29, 1.82) is 0 Å². The van der Waals surface area contributed by atoms with Crippen LogP contribution in [0.5, 0.6) is 0 Å². The van der Waals surface area contributed by atoms with E-state index in [1.807, 2.05) is 6.07 Å². The van der Waals surface area contributed by atoms with Crippen molar-refractivity contribution in [3.63, 3.8) is 0 Å². The number of aliphatic hydroxyl groups excluding tert-OH is 2. The van der Waals surface area contributed by atoms with E-state index in [0.29, 0.717) is 5.56 Å². The van der Waals surface area contributed by atoms with Gasteiger partial charge in [0.2, 0.25) is 11.8 Å². The Kier molecular flexibility index (Phi) is 11.0. The van der Waals surface area contributed by atoms with Crippen LogP contribution in [0.2, 0.25) is 0 Å². The molecule has 3 fully saturated rings. The maximum Gasteiger partial charge on any atom is 0.338 e. The first-order valence-electron chi connectivity index (χ1n) is 16.3. The van der Waals surface area contributed by atoms with Crippen LogP contribution in [0.3, 0.4) is 0 Å². The van der Waals surface area contributed by atoms with Gasteiger partial charge in [-0.3, -0.25) is 14.4 Å². The molecule has 0 aromatic heterocycles. The Bertz CT molecular complexity index is 1370. The first-order valence-corrected chi connectivity index (χ1v) is 17.4. The predicted octanol–water partition coefficient (Wildman–Crippen LogP) is 2.91. The van der Waals surface area contributed by atoms with Gasteiger partial charge in [0.05, 0.1) is 24.3 Å². The van der Waals surface area contributed by atoms with Gasteiger partial charge in [0, 0.05) is 33.8 Å². The van der Waals surface area contributed by atoms with Crippen molar-refractivity contribution in [3.8, 4) is 0 Å². The van der Waals surface area contributed by atoms with Gasteiger partial charge in [-0.15, -0.1) is 0 Å². The average Bonchev–Trinajstić information content (AvgIpc) is 3.94. The summed E-state index contributed by atoms with van der Waals surface area (Å²) in [7, 11) is 0. The van der Waals surface area contributed by atoms with Crippen LogP contribution in [0, 0.1) is 15.4 Å². The zero-order valence-corrected chi connectivity index (χ0v) is 29.4. The van der Waals surface area contributed by atoms with E-state index in [4.69, 9.17) is 18.9 Å². The Balaban J connectivity index is 1.29. The third-order valence-corrected chi connectivity index (χ3v) is 9.43. The number of nitrogens with one attached hydrogen (secondary N) is 2. The molecule has 1 aromatic carbocycles. The van der Waals surface area contributed by atoms with E-state index in [9.17, 15) is 29.4 Å². The summed E-state index contributed by atoms with van der Waals surface area (Å²) in [5.74, 6) is -2.66. The number of carbonyl (C=O) groups is 4. The SMILES string of the molecule is CC(O)C(NC(=O)C1=CC2OC(C3CC3)(C3CC3)OC2C(OC(=O)c2cccc(I)c2)C1)C(=O)NC(CO)CCC(=O)OC(C)(C)C. The number of rotatable bonds is 13. The highest BCUT2D eigenvalue weighted by atomic mass is 127. The first kappa shape index (κ1) is 35.7. The molecule has 6 unspecified atom stereocenters. The van der Waals surface area contributed by atoms with Crippen molar-refractivity contribution < 1.29 is 48.3 Å². The van der Waals surface area contributed by atoms with E-state index in [0.717, 1.165) is 29.3 Å². The van der Waals surface area contributed by atoms with E-state index in [1.165, 1.54) is 6.92 Å². The van der Waals surface area contributed by atoms with Crippen molar-refractivity contribution in [2.75, 3.05) is 6.61 Å². The molecule has 2 saturated carbocycles. The van der Waals surface area contributed by atoms with Gasteiger partial charge in [0.15, 0.2) is 5.79 Å². The van der Waals surface area contributed by atoms with Crippen LogP contribution in [0.25, 0.3) is 0 Å². The van der Waals surface area contributed by atoms with Crippen LogP contribution >= 0.6 is 22.6 Å². The van der Waals surface area contributed by atoms with Crippen molar-refractivity contribution in [2.24, 2.45) is 11.8 Å². The minimum absolute atomic E-state index is 0.0146. The third kappa shape index (κ3) is 8.91. The third-order valence-electron chi connectivity index (χ3n) is 8.76. The Morgan fingerprint density at radius 1 is 1.09 bits per heavy atom. The minimum Gasteiger partial charge on any atom is -0.460 e. The van der Waals surface area contributed by atoms with Gasteiger partial charge in [0.25, 0.3) is 0 Å². The second-order valence-corrected chi connectivity index (χ2v) is 15.2. The van der Waals surface area contributed by atoms with Crippen molar-refractivity contribution in [1.82, 2.24) is 10.6 Å². The molecule has 0 radical (unpaired) electrons. The number of benzene rings is 1. The van der Waals surface area contributed by atoms with Crippen LogP contribution in [0.15, 0.2) is 35.9 Å². The highest BCUT2D eigenvalue weighted by Crippen LogP contribution is 2.59. The lowest BCUT2D eigenvalue weighted by Gasteiger charge is -2.31. The van der Waals surface area contributed by atoms with E-state index in [1.54, 1.807) is 45.0 Å². The smallest absolute Gasteiger partial charge is 0.338 e.